The Balaban J connectivity index is 1.35. The van der Waals surface area contributed by atoms with Gasteiger partial charge in [0.1, 0.15) is 12.6 Å². The number of urea groups is 1. The number of nitrogens with one attached hydrogen (secondary N) is 4. The molecule has 3 aromatic rings. The molecular formula is C27H26BrN5O5. The summed E-state index contributed by atoms with van der Waals surface area (Å²) in [7, 11) is 0. The molecule has 11 heteroatoms. The van der Waals surface area contributed by atoms with Crippen LogP contribution in [0.1, 0.15) is 18.1 Å². The number of carboxylic acids is 1. The molecule has 1 aliphatic heterocycles. The van der Waals surface area contributed by atoms with Crippen LogP contribution in [-0.2, 0) is 27.3 Å². The lowest BCUT2D eigenvalue weighted by molar-refractivity contribution is -0.144. The summed E-state index contributed by atoms with van der Waals surface area (Å²) in [4.78, 5) is 49.9. The maximum atomic E-state index is 12.7. The van der Waals surface area contributed by atoms with E-state index in [-0.39, 0.29) is 24.8 Å². The highest BCUT2D eigenvalue weighted by molar-refractivity contribution is 9.10. The smallest absolute Gasteiger partial charge is 0.323 e. The molecule has 0 aliphatic carbocycles. The molecule has 0 fully saturated rings. The molecule has 0 radical (unpaired) electrons. The zero-order chi connectivity index (χ0) is 27.2. The number of halogens is 1. The van der Waals surface area contributed by atoms with Gasteiger partial charge in [-0.3, -0.25) is 14.4 Å². The van der Waals surface area contributed by atoms with Gasteiger partial charge in [0.15, 0.2) is 0 Å². The van der Waals surface area contributed by atoms with E-state index in [1.165, 1.54) is 4.90 Å². The Morgan fingerprint density at radius 3 is 2.42 bits per heavy atom. The zero-order valence-electron chi connectivity index (χ0n) is 20.5. The standard InChI is InChI=1S/C27H26BrN5O5/c1-16-26(37)33(15-25(35)36)14-18-13-20(10-11-22(18)29-16)30-24(34)12-17-6-8-19(9-7-17)31-27(38)32-23-5-3-2-4-21(23)28/h2-11,13,16,29H,12,14-15H2,1H3,(H,30,34)(H,35,36)(H2,31,32,38). The average molecular weight is 580 g/mol. The highest BCUT2D eigenvalue weighted by Crippen LogP contribution is 2.26. The number of para-hydroxylation sites is 1. The molecule has 3 aromatic carbocycles. The molecule has 10 nitrogen and oxygen atoms in total. The van der Waals surface area contributed by atoms with Crippen LogP contribution in [0.25, 0.3) is 0 Å². The summed E-state index contributed by atoms with van der Waals surface area (Å²) in [6.07, 6.45) is 0.111. The molecule has 4 amide bonds. The molecule has 0 saturated heterocycles. The monoisotopic (exact) mass is 579 g/mol. The molecule has 38 heavy (non-hydrogen) atoms. The van der Waals surface area contributed by atoms with Gasteiger partial charge in [-0.2, -0.15) is 0 Å². The number of anilines is 4. The molecule has 0 spiro atoms. The van der Waals surface area contributed by atoms with Gasteiger partial charge in [-0.15, -0.1) is 0 Å². The van der Waals surface area contributed by atoms with Gasteiger partial charge in [0, 0.05) is 28.1 Å². The van der Waals surface area contributed by atoms with Crippen molar-refractivity contribution in [3.63, 3.8) is 0 Å². The number of hydrogen-bond donors (Lipinski definition) is 5. The van der Waals surface area contributed by atoms with Crippen molar-refractivity contribution < 1.29 is 24.3 Å². The number of carbonyl (C=O) groups is 4. The second kappa shape index (κ2) is 11.8. The summed E-state index contributed by atoms with van der Waals surface area (Å²) >= 11 is 3.38. The largest absolute Gasteiger partial charge is 0.480 e. The summed E-state index contributed by atoms with van der Waals surface area (Å²) in [6.45, 7) is 1.39. The van der Waals surface area contributed by atoms with Crippen molar-refractivity contribution in [2.75, 3.05) is 27.8 Å². The highest BCUT2D eigenvalue weighted by Gasteiger charge is 2.27. The van der Waals surface area contributed by atoms with Crippen LogP contribution in [0.5, 0.6) is 0 Å². The second-order valence-corrected chi connectivity index (χ2v) is 9.66. The predicted octanol–water partition coefficient (Wildman–Crippen LogP) is 4.50. The van der Waals surface area contributed by atoms with Crippen molar-refractivity contribution in [1.29, 1.82) is 0 Å². The number of benzene rings is 3. The first-order chi connectivity index (χ1) is 18.2. The van der Waals surface area contributed by atoms with E-state index in [4.69, 9.17) is 5.11 Å². The zero-order valence-corrected chi connectivity index (χ0v) is 22.0. The number of amides is 4. The van der Waals surface area contributed by atoms with Crippen molar-refractivity contribution in [3.05, 3.63) is 82.3 Å². The minimum atomic E-state index is -1.09. The minimum absolute atomic E-state index is 0.111. The highest BCUT2D eigenvalue weighted by atomic mass is 79.9. The van der Waals surface area contributed by atoms with Gasteiger partial charge < -0.3 is 31.3 Å². The van der Waals surface area contributed by atoms with Gasteiger partial charge in [0.05, 0.1) is 12.1 Å². The van der Waals surface area contributed by atoms with Gasteiger partial charge in [-0.05, 0) is 76.4 Å². The first-order valence-electron chi connectivity index (χ1n) is 11.8. The SMILES string of the molecule is CC1Nc2ccc(NC(=O)Cc3ccc(NC(=O)Nc4ccccc4Br)cc3)cc2CN(CC(=O)O)C1=O. The van der Waals surface area contributed by atoms with E-state index >= 15 is 0 Å². The van der Waals surface area contributed by atoms with Crippen molar-refractivity contribution >= 4 is 62.5 Å². The summed E-state index contributed by atoms with van der Waals surface area (Å²) in [5.41, 5.74) is 3.92. The third-order valence-electron chi connectivity index (χ3n) is 5.83. The van der Waals surface area contributed by atoms with E-state index in [9.17, 15) is 19.2 Å². The summed E-state index contributed by atoms with van der Waals surface area (Å²) in [5.74, 6) is -1.65. The number of carbonyl (C=O) groups excluding carboxylic acids is 3. The molecular weight excluding hydrogens is 554 g/mol. The van der Waals surface area contributed by atoms with Crippen molar-refractivity contribution in [2.24, 2.45) is 0 Å². The lowest BCUT2D eigenvalue weighted by Gasteiger charge is -2.20. The van der Waals surface area contributed by atoms with Crippen LogP contribution in [-0.4, -0.2) is 46.4 Å². The number of fused-ring (bicyclic) bond motifs is 1. The minimum Gasteiger partial charge on any atom is -0.480 e. The third-order valence-corrected chi connectivity index (χ3v) is 6.52. The molecule has 4 rings (SSSR count). The van der Waals surface area contributed by atoms with Crippen molar-refractivity contribution in [1.82, 2.24) is 4.90 Å². The molecule has 1 heterocycles. The van der Waals surface area contributed by atoms with Gasteiger partial charge in [-0.25, -0.2) is 4.79 Å². The van der Waals surface area contributed by atoms with E-state index in [0.29, 0.717) is 28.3 Å². The fraction of sp³-hybridized carbons (Fsp3) is 0.185. The molecule has 5 N–H and O–H groups in total. The number of aliphatic carboxylic acids is 1. The Bertz CT molecular complexity index is 1380. The van der Waals surface area contributed by atoms with Crippen molar-refractivity contribution in [3.8, 4) is 0 Å². The van der Waals surface area contributed by atoms with E-state index in [2.05, 4.69) is 37.2 Å². The quantitative estimate of drug-likeness (QED) is 0.279. The second-order valence-electron chi connectivity index (χ2n) is 8.81. The Kier molecular flexibility index (Phi) is 8.27. The maximum absolute atomic E-state index is 12.7. The Hall–Kier alpha value is -4.38. The molecule has 1 atom stereocenters. The predicted molar refractivity (Wildman–Crippen MR) is 148 cm³/mol. The summed E-state index contributed by atoms with van der Waals surface area (Å²) in [6, 6.07) is 18.5. The van der Waals surface area contributed by atoms with Gasteiger partial charge in [0.2, 0.25) is 11.8 Å². The lowest BCUT2D eigenvalue weighted by Crippen LogP contribution is -2.41. The molecule has 1 unspecified atom stereocenters. The van der Waals surface area contributed by atoms with Crippen LogP contribution >= 0.6 is 15.9 Å². The topological polar surface area (TPSA) is 140 Å². The van der Waals surface area contributed by atoms with E-state index < -0.39 is 24.6 Å². The first-order valence-corrected chi connectivity index (χ1v) is 12.6. The maximum Gasteiger partial charge on any atom is 0.323 e. The molecule has 0 bridgehead atoms. The van der Waals surface area contributed by atoms with E-state index in [0.717, 1.165) is 10.0 Å². The number of rotatable bonds is 7. The van der Waals surface area contributed by atoms with Crippen molar-refractivity contribution in [2.45, 2.75) is 25.9 Å². The van der Waals surface area contributed by atoms with Crippen LogP contribution in [0.15, 0.2) is 71.2 Å². The third kappa shape index (κ3) is 6.88. The Labute approximate surface area is 227 Å². The lowest BCUT2D eigenvalue weighted by atomic mass is 10.1. The van der Waals surface area contributed by atoms with Crippen LogP contribution in [0.4, 0.5) is 27.5 Å². The molecule has 0 saturated carbocycles. The fourth-order valence-electron chi connectivity index (χ4n) is 4.04. The van der Waals surface area contributed by atoms with E-state index in [1.807, 2.05) is 18.2 Å². The number of hydrogen-bond acceptors (Lipinski definition) is 5. The van der Waals surface area contributed by atoms with Crippen LogP contribution in [0.3, 0.4) is 0 Å². The number of carboxylic acid groups (broad SMARTS) is 1. The molecule has 196 valence electrons. The first kappa shape index (κ1) is 26.7. The molecule has 0 aromatic heterocycles. The van der Waals surface area contributed by atoms with Crippen LogP contribution in [0, 0.1) is 0 Å². The van der Waals surface area contributed by atoms with E-state index in [1.54, 1.807) is 55.5 Å². The Morgan fingerprint density at radius 2 is 1.71 bits per heavy atom. The normalized spacial score (nSPS) is 14.5. The fourth-order valence-corrected chi connectivity index (χ4v) is 4.42. The van der Waals surface area contributed by atoms with Crippen LogP contribution < -0.4 is 21.3 Å². The summed E-state index contributed by atoms with van der Waals surface area (Å²) in [5, 5.41) is 20.6. The van der Waals surface area contributed by atoms with Gasteiger partial charge >= 0.3 is 12.0 Å². The summed E-state index contributed by atoms with van der Waals surface area (Å²) < 4.78 is 0.767. The number of nitrogens with zero attached hydrogens (tertiary/aromatic N) is 1. The molecule has 1 aliphatic rings. The van der Waals surface area contributed by atoms with Gasteiger partial charge in [0.25, 0.3) is 0 Å². The average Bonchev–Trinajstić information content (AvgIpc) is 2.97. The van der Waals surface area contributed by atoms with Gasteiger partial charge in [-0.1, -0.05) is 24.3 Å². The van der Waals surface area contributed by atoms with Crippen LogP contribution in [0.2, 0.25) is 0 Å². The Morgan fingerprint density at radius 1 is 1.00 bits per heavy atom.